The van der Waals surface area contributed by atoms with Crippen LogP contribution in [0.2, 0.25) is 5.02 Å². The second-order valence-electron chi connectivity index (χ2n) is 8.89. The van der Waals surface area contributed by atoms with E-state index in [1.165, 1.54) is 20.1 Å². The molecule has 2 aliphatic heterocycles. The highest BCUT2D eigenvalue weighted by Gasteiger charge is 2.37. The molecular formula is C24H32ClN5O5S. The fourth-order valence-corrected chi connectivity index (χ4v) is 6.46. The Labute approximate surface area is 216 Å². The maximum atomic E-state index is 13.7. The smallest absolute Gasteiger partial charge is 0.310 e. The van der Waals surface area contributed by atoms with Crippen molar-refractivity contribution in [3.63, 3.8) is 0 Å². The van der Waals surface area contributed by atoms with Crippen molar-refractivity contribution in [3.05, 3.63) is 41.0 Å². The highest BCUT2D eigenvalue weighted by Crippen LogP contribution is 2.29. The van der Waals surface area contributed by atoms with Crippen LogP contribution in [0.5, 0.6) is 0 Å². The first-order chi connectivity index (χ1) is 17.3. The van der Waals surface area contributed by atoms with Gasteiger partial charge in [0.15, 0.2) is 0 Å². The second kappa shape index (κ2) is 11.2. The molecule has 0 N–H and O–H groups in total. The number of likely N-dealkylation sites (tertiary alicyclic amines) is 1. The molecule has 10 nitrogen and oxygen atoms in total. The predicted octanol–water partition coefficient (Wildman–Crippen LogP) is 2.48. The van der Waals surface area contributed by atoms with E-state index in [9.17, 15) is 18.0 Å². The van der Waals surface area contributed by atoms with Gasteiger partial charge in [-0.3, -0.25) is 14.3 Å². The van der Waals surface area contributed by atoms with E-state index in [4.69, 9.17) is 16.3 Å². The molecule has 36 heavy (non-hydrogen) atoms. The highest BCUT2D eigenvalue weighted by atomic mass is 35.5. The van der Waals surface area contributed by atoms with E-state index >= 15 is 0 Å². The molecular weight excluding hydrogens is 506 g/mol. The Kier molecular flexibility index (Phi) is 8.21. The van der Waals surface area contributed by atoms with Crippen LogP contribution in [0, 0.1) is 5.92 Å². The predicted molar refractivity (Wildman–Crippen MR) is 136 cm³/mol. The van der Waals surface area contributed by atoms with Crippen LogP contribution in [0.15, 0.2) is 35.5 Å². The van der Waals surface area contributed by atoms with E-state index in [-0.39, 0.29) is 42.8 Å². The molecule has 0 saturated carbocycles. The quantitative estimate of drug-likeness (QED) is 0.500. The first kappa shape index (κ1) is 26.4. The minimum absolute atomic E-state index is 0.0369. The van der Waals surface area contributed by atoms with Crippen molar-refractivity contribution in [1.82, 2.24) is 19.0 Å². The van der Waals surface area contributed by atoms with Gasteiger partial charge in [0, 0.05) is 52.0 Å². The number of para-hydroxylation sites is 1. The number of hydrogen-bond acceptors (Lipinski definition) is 7. The Bertz CT molecular complexity index is 1210. The number of carbonyl (C=O) groups excluding carboxylic acids is 2. The number of benzene rings is 1. The number of piperazine rings is 1. The summed E-state index contributed by atoms with van der Waals surface area (Å²) >= 11 is 6.32. The summed E-state index contributed by atoms with van der Waals surface area (Å²) in [7, 11) is -4.02. The molecule has 0 spiro atoms. The number of rotatable bonds is 7. The van der Waals surface area contributed by atoms with Gasteiger partial charge in [-0.05, 0) is 38.8 Å². The molecule has 0 aliphatic carbocycles. The summed E-state index contributed by atoms with van der Waals surface area (Å²) in [6, 6.07) is 7.47. The summed E-state index contributed by atoms with van der Waals surface area (Å²) in [6.07, 6.45) is 2.77. The van der Waals surface area contributed by atoms with Crippen molar-refractivity contribution >= 4 is 39.2 Å². The van der Waals surface area contributed by atoms with E-state index < -0.39 is 21.8 Å². The number of amides is 1. The Morgan fingerprint density at radius 3 is 2.50 bits per heavy atom. The summed E-state index contributed by atoms with van der Waals surface area (Å²) in [5, 5.41) is 4.66. The number of esters is 1. The van der Waals surface area contributed by atoms with Crippen LogP contribution in [0.3, 0.4) is 0 Å². The minimum atomic E-state index is -4.02. The van der Waals surface area contributed by atoms with Crippen LogP contribution in [0.4, 0.5) is 5.69 Å². The minimum Gasteiger partial charge on any atom is -0.466 e. The summed E-state index contributed by atoms with van der Waals surface area (Å²) in [6.45, 7) is 6.34. The number of ether oxygens (including phenoxy) is 1. The van der Waals surface area contributed by atoms with Crippen LogP contribution >= 0.6 is 11.6 Å². The Hall–Kier alpha value is -2.63. The molecule has 4 rings (SSSR count). The summed E-state index contributed by atoms with van der Waals surface area (Å²) in [4.78, 5) is 29.3. The van der Waals surface area contributed by atoms with Crippen molar-refractivity contribution in [2.75, 3.05) is 50.8 Å². The lowest BCUT2D eigenvalue weighted by Crippen LogP contribution is -2.49. The van der Waals surface area contributed by atoms with E-state index in [1.54, 1.807) is 6.92 Å². The lowest BCUT2D eigenvalue weighted by atomic mass is 9.98. The number of halogens is 1. The van der Waals surface area contributed by atoms with Gasteiger partial charge in [-0.2, -0.15) is 9.40 Å². The van der Waals surface area contributed by atoms with Gasteiger partial charge in [-0.15, -0.1) is 0 Å². The maximum Gasteiger partial charge on any atom is 0.310 e. The topological polar surface area (TPSA) is 105 Å². The van der Waals surface area contributed by atoms with E-state index in [2.05, 4.69) is 5.10 Å². The first-order valence-electron chi connectivity index (χ1n) is 12.3. The lowest BCUT2D eigenvalue weighted by molar-refractivity contribution is -0.149. The van der Waals surface area contributed by atoms with Crippen molar-refractivity contribution in [3.8, 4) is 0 Å². The average Bonchev–Trinajstić information content (AvgIpc) is 3.34. The van der Waals surface area contributed by atoms with Gasteiger partial charge in [-0.25, -0.2) is 8.42 Å². The normalized spacial score (nSPS) is 19.4. The molecule has 2 aromatic rings. The molecule has 0 unspecified atom stereocenters. The Morgan fingerprint density at radius 1 is 1.11 bits per heavy atom. The number of nitrogens with zero attached hydrogens (tertiary/aromatic N) is 5. The summed E-state index contributed by atoms with van der Waals surface area (Å²) < 4.78 is 35.3. The standard InChI is InChI=1S/C24H32ClN5O5S/c1-3-29-17-19(23(31)28-11-7-8-18(16-28)24(32)35-4-2)22(26-29)36(33,34)30-14-12-27(13-15-30)21-10-6-5-9-20(21)25/h5-6,9-10,17-18H,3-4,7-8,11-16H2,1-2H3/t18-/m1/s1. The average molecular weight is 538 g/mol. The van der Waals surface area contributed by atoms with E-state index in [1.807, 2.05) is 36.1 Å². The zero-order valence-corrected chi connectivity index (χ0v) is 22.2. The van der Waals surface area contributed by atoms with Crippen molar-refractivity contribution in [2.24, 2.45) is 5.92 Å². The Balaban J connectivity index is 1.53. The molecule has 1 aromatic carbocycles. The van der Waals surface area contributed by atoms with E-state index in [0.717, 1.165) is 5.69 Å². The van der Waals surface area contributed by atoms with Crippen LogP contribution in [-0.4, -0.2) is 85.2 Å². The molecule has 0 bridgehead atoms. The number of aromatic nitrogens is 2. The third kappa shape index (κ3) is 5.37. The van der Waals surface area contributed by atoms with Gasteiger partial charge < -0.3 is 14.5 Å². The lowest BCUT2D eigenvalue weighted by Gasteiger charge is -2.35. The van der Waals surface area contributed by atoms with Gasteiger partial charge in [0.2, 0.25) is 5.03 Å². The molecule has 2 fully saturated rings. The van der Waals surface area contributed by atoms with E-state index in [0.29, 0.717) is 44.0 Å². The molecule has 1 amide bonds. The van der Waals surface area contributed by atoms with Gasteiger partial charge >= 0.3 is 5.97 Å². The number of hydrogen-bond donors (Lipinski definition) is 0. The molecule has 0 radical (unpaired) electrons. The summed E-state index contributed by atoms with van der Waals surface area (Å²) in [5.74, 6) is -1.18. The molecule has 3 heterocycles. The maximum absolute atomic E-state index is 13.7. The van der Waals surface area contributed by atoms with Crippen molar-refractivity contribution in [1.29, 1.82) is 0 Å². The van der Waals surface area contributed by atoms with Gasteiger partial charge in [-0.1, -0.05) is 23.7 Å². The molecule has 1 aromatic heterocycles. The molecule has 2 saturated heterocycles. The Morgan fingerprint density at radius 2 is 1.83 bits per heavy atom. The number of carbonyl (C=O) groups is 2. The number of aryl methyl sites for hydroxylation is 1. The fourth-order valence-electron chi connectivity index (χ4n) is 4.69. The molecule has 1 atom stereocenters. The second-order valence-corrected chi connectivity index (χ2v) is 11.1. The van der Waals surface area contributed by atoms with Crippen LogP contribution in [0.1, 0.15) is 37.0 Å². The third-order valence-corrected chi connectivity index (χ3v) is 8.78. The first-order valence-corrected chi connectivity index (χ1v) is 14.1. The van der Waals surface area contributed by atoms with Gasteiger partial charge in [0.25, 0.3) is 15.9 Å². The van der Waals surface area contributed by atoms with Crippen LogP contribution in [-0.2, 0) is 26.1 Å². The molecule has 196 valence electrons. The zero-order chi connectivity index (χ0) is 25.9. The van der Waals surface area contributed by atoms with Crippen molar-refractivity contribution in [2.45, 2.75) is 38.3 Å². The largest absolute Gasteiger partial charge is 0.466 e. The monoisotopic (exact) mass is 537 g/mol. The zero-order valence-electron chi connectivity index (χ0n) is 20.6. The van der Waals surface area contributed by atoms with Crippen LogP contribution < -0.4 is 4.90 Å². The molecule has 12 heteroatoms. The summed E-state index contributed by atoms with van der Waals surface area (Å²) in [5.41, 5.74) is 0.901. The number of sulfonamides is 1. The van der Waals surface area contributed by atoms with Crippen molar-refractivity contribution < 1.29 is 22.7 Å². The number of anilines is 1. The fraction of sp³-hybridized carbons (Fsp3) is 0.542. The number of piperidine rings is 1. The van der Waals surface area contributed by atoms with Gasteiger partial charge in [0.1, 0.15) is 0 Å². The van der Waals surface area contributed by atoms with Gasteiger partial charge in [0.05, 0.1) is 28.8 Å². The molecule has 2 aliphatic rings. The van der Waals surface area contributed by atoms with Crippen LogP contribution in [0.25, 0.3) is 0 Å². The SMILES string of the molecule is CCOC(=O)[C@@H]1CCCN(C(=O)c2cn(CC)nc2S(=O)(=O)N2CCN(c3ccccc3Cl)CC2)C1. The third-order valence-electron chi connectivity index (χ3n) is 6.63. The highest BCUT2D eigenvalue weighted by molar-refractivity contribution is 7.89.